The van der Waals surface area contributed by atoms with Gasteiger partial charge >= 0.3 is 0 Å². The predicted octanol–water partition coefficient (Wildman–Crippen LogP) is -0.653. The fourth-order valence-corrected chi connectivity index (χ4v) is 2.15. The third kappa shape index (κ3) is 2.72. The van der Waals surface area contributed by atoms with E-state index in [-0.39, 0.29) is 18.1 Å². The Morgan fingerprint density at radius 3 is 2.81 bits per heavy atom. The number of amides is 1. The van der Waals surface area contributed by atoms with Crippen LogP contribution >= 0.6 is 0 Å². The van der Waals surface area contributed by atoms with Gasteiger partial charge in [0.2, 0.25) is 5.91 Å². The van der Waals surface area contributed by atoms with E-state index in [4.69, 9.17) is 4.74 Å². The molecule has 1 aliphatic carbocycles. The zero-order chi connectivity index (χ0) is 11.5. The maximum atomic E-state index is 12.2. The number of hydrogen-bond acceptors (Lipinski definition) is 4. The molecular formula is C11H20N2O3. The van der Waals surface area contributed by atoms with Gasteiger partial charge in [0, 0.05) is 26.2 Å². The molecule has 2 aliphatic rings. The first-order chi connectivity index (χ1) is 7.72. The minimum Gasteiger partial charge on any atom is -0.392 e. The number of β-amino-alcohol motifs (C(OH)–C–C–N with tert-alkyl or cyclic N) is 1. The first kappa shape index (κ1) is 11.8. The monoisotopic (exact) mass is 228 g/mol. The molecule has 2 atom stereocenters. The van der Waals surface area contributed by atoms with E-state index in [0.717, 1.165) is 12.8 Å². The van der Waals surface area contributed by atoms with Gasteiger partial charge in [0.15, 0.2) is 0 Å². The molecule has 0 radical (unpaired) electrons. The first-order valence-electron chi connectivity index (χ1n) is 5.93. The lowest BCUT2D eigenvalue weighted by atomic mass is 10.2. The summed E-state index contributed by atoms with van der Waals surface area (Å²) in [6.07, 6.45) is 2.36. The number of nitrogens with one attached hydrogen (secondary N) is 1. The molecule has 2 rings (SSSR count). The summed E-state index contributed by atoms with van der Waals surface area (Å²) < 4.78 is 5.02. The second kappa shape index (κ2) is 5.12. The zero-order valence-corrected chi connectivity index (χ0v) is 9.69. The average molecular weight is 228 g/mol. The van der Waals surface area contributed by atoms with Gasteiger partial charge in [-0.05, 0) is 19.3 Å². The molecular weight excluding hydrogens is 208 g/mol. The van der Waals surface area contributed by atoms with E-state index in [2.05, 4.69) is 5.32 Å². The molecule has 5 nitrogen and oxygen atoms in total. The molecule has 2 N–H and O–H groups in total. The van der Waals surface area contributed by atoms with Crippen LogP contribution in [-0.4, -0.2) is 60.9 Å². The van der Waals surface area contributed by atoms with Crippen molar-refractivity contribution in [1.82, 2.24) is 10.2 Å². The Balaban J connectivity index is 1.88. The third-order valence-corrected chi connectivity index (χ3v) is 3.21. The molecule has 1 amide bonds. The number of ether oxygens (including phenoxy) is 1. The molecule has 1 aliphatic heterocycles. The van der Waals surface area contributed by atoms with Crippen LogP contribution in [0.1, 0.15) is 19.3 Å². The largest absolute Gasteiger partial charge is 0.392 e. The van der Waals surface area contributed by atoms with Crippen molar-refractivity contribution in [2.45, 2.75) is 37.5 Å². The van der Waals surface area contributed by atoms with Crippen molar-refractivity contribution in [3.8, 4) is 0 Å². The number of rotatable bonds is 5. The van der Waals surface area contributed by atoms with Gasteiger partial charge < -0.3 is 20.1 Å². The van der Waals surface area contributed by atoms with Crippen LogP contribution in [0.4, 0.5) is 0 Å². The highest BCUT2D eigenvalue weighted by atomic mass is 16.5. The van der Waals surface area contributed by atoms with Crippen molar-refractivity contribution in [3.05, 3.63) is 0 Å². The summed E-state index contributed by atoms with van der Waals surface area (Å²) in [6.45, 7) is 1.77. The van der Waals surface area contributed by atoms with Crippen LogP contribution in [0.15, 0.2) is 0 Å². The summed E-state index contributed by atoms with van der Waals surface area (Å²) in [5, 5.41) is 12.5. The van der Waals surface area contributed by atoms with Crippen molar-refractivity contribution >= 4 is 5.91 Å². The van der Waals surface area contributed by atoms with Gasteiger partial charge in [0.1, 0.15) is 0 Å². The van der Waals surface area contributed by atoms with E-state index < -0.39 is 0 Å². The van der Waals surface area contributed by atoms with Crippen LogP contribution in [0.25, 0.3) is 0 Å². The maximum absolute atomic E-state index is 12.2. The fourth-order valence-electron chi connectivity index (χ4n) is 2.15. The SMILES string of the molecule is COCCN(C(=O)C1CC(O)CN1)C1CC1. The van der Waals surface area contributed by atoms with Crippen LogP contribution in [-0.2, 0) is 9.53 Å². The lowest BCUT2D eigenvalue weighted by Crippen LogP contribution is -2.46. The molecule has 0 spiro atoms. The molecule has 1 heterocycles. The molecule has 5 heteroatoms. The van der Waals surface area contributed by atoms with Gasteiger partial charge in [0.05, 0.1) is 18.8 Å². The number of methoxy groups -OCH3 is 1. The molecule has 2 fully saturated rings. The van der Waals surface area contributed by atoms with Crippen LogP contribution < -0.4 is 5.32 Å². The van der Waals surface area contributed by atoms with Gasteiger partial charge in [0.25, 0.3) is 0 Å². The average Bonchev–Trinajstić information content (AvgIpc) is 3.01. The molecule has 0 bridgehead atoms. The highest BCUT2D eigenvalue weighted by molar-refractivity contribution is 5.83. The third-order valence-electron chi connectivity index (χ3n) is 3.21. The number of hydrogen-bond donors (Lipinski definition) is 2. The lowest BCUT2D eigenvalue weighted by Gasteiger charge is -2.25. The van der Waals surface area contributed by atoms with Gasteiger partial charge in [-0.25, -0.2) is 0 Å². The molecule has 0 aromatic carbocycles. The van der Waals surface area contributed by atoms with E-state index >= 15 is 0 Å². The minimum atomic E-state index is -0.377. The Kier molecular flexibility index (Phi) is 3.78. The molecule has 16 heavy (non-hydrogen) atoms. The van der Waals surface area contributed by atoms with Gasteiger partial charge in [-0.15, -0.1) is 0 Å². The van der Waals surface area contributed by atoms with E-state index in [1.54, 1.807) is 7.11 Å². The Hall–Kier alpha value is -0.650. The standard InChI is InChI=1S/C11H20N2O3/c1-16-5-4-13(8-2-3-8)11(15)10-6-9(14)7-12-10/h8-10,12,14H,2-7H2,1H3. The van der Waals surface area contributed by atoms with E-state index in [1.807, 2.05) is 4.90 Å². The summed E-state index contributed by atoms with van der Waals surface area (Å²) in [5.41, 5.74) is 0. The molecule has 92 valence electrons. The van der Waals surface area contributed by atoms with E-state index in [0.29, 0.717) is 32.2 Å². The maximum Gasteiger partial charge on any atom is 0.240 e. The Morgan fingerprint density at radius 2 is 2.31 bits per heavy atom. The number of nitrogens with zero attached hydrogens (tertiary/aromatic N) is 1. The van der Waals surface area contributed by atoms with E-state index in [9.17, 15) is 9.90 Å². The fraction of sp³-hybridized carbons (Fsp3) is 0.909. The van der Waals surface area contributed by atoms with Crippen LogP contribution in [0, 0.1) is 0 Å². The molecule has 0 aromatic rings. The van der Waals surface area contributed by atoms with Crippen molar-refractivity contribution in [2.75, 3.05) is 26.8 Å². The summed E-state index contributed by atoms with van der Waals surface area (Å²) in [5.74, 6) is 0.121. The minimum absolute atomic E-state index is 0.121. The molecule has 2 unspecified atom stereocenters. The topological polar surface area (TPSA) is 61.8 Å². The second-order valence-corrected chi connectivity index (χ2v) is 4.61. The summed E-state index contributed by atoms with van der Waals surface area (Å²) in [4.78, 5) is 14.1. The van der Waals surface area contributed by atoms with Crippen molar-refractivity contribution < 1.29 is 14.6 Å². The predicted molar refractivity (Wildman–Crippen MR) is 59.0 cm³/mol. The summed E-state index contributed by atoms with van der Waals surface area (Å²) in [6, 6.07) is 0.203. The van der Waals surface area contributed by atoms with Gasteiger partial charge in [-0.2, -0.15) is 0 Å². The summed E-state index contributed by atoms with van der Waals surface area (Å²) >= 11 is 0. The number of carbonyl (C=O) groups excluding carboxylic acids is 1. The Bertz CT molecular complexity index is 256. The lowest BCUT2D eigenvalue weighted by molar-refractivity contribution is -0.134. The van der Waals surface area contributed by atoms with Gasteiger partial charge in [-0.1, -0.05) is 0 Å². The summed E-state index contributed by atoms with van der Waals surface area (Å²) in [7, 11) is 1.65. The van der Waals surface area contributed by atoms with Crippen LogP contribution in [0.5, 0.6) is 0 Å². The van der Waals surface area contributed by atoms with Gasteiger partial charge in [-0.3, -0.25) is 4.79 Å². The number of carbonyl (C=O) groups is 1. The highest BCUT2D eigenvalue weighted by Gasteiger charge is 2.37. The number of aliphatic hydroxyl groups excluding tert-OH is 1. The molecule has 0 aromatic heterocycles. The van der Waals surface area contributed by atoms with Crippen LogP contribution in [0.2, 0.25) is 0 Å². The first-order valence-corrected chi connectivity index (χ1v) is 5.93. The zero-order valence-electron chi connectivity index (χ0n) is 9.69. The second-order valence-electron chi connectivity index (χ2n) is 4.61. The quantitative estimate of drug-likeness (QED) is 0.656. The molecule has 1 saturated heterocycles. The van der Waals surface area contributed by atoms with Crippen molar-refractivity contribution in [2.24, 2.45) is 0 Å². The van der Waals surface area contributed by atoms with Crippen LogP contribution in [0.3, 0.4) is 0 Å². The van der Waals surface area contributed by atoms with E-state index in [1.165, 1.54) is 0 Å². The smallest absolute Gasteiger partial charge is 0.240 e. The van der Waals surface area contributed by atoms with Crippen molar-refractivity contribution in [3.63, 3.8) is 0 Å². The molecule has 1 saturated carbocycles. The highest BCUT2D eigenvalue weighted by Crippen LogP contribution is 2.28. The Labute approximate surface area is 95.8 Å². The number of aliphatic hydroxyl groups is 1. The normalized spacial score (nSPS) is 29.4. The van der Waals surface area contributed by atoms with Crippen molar-refractivity contribution in [1.29, 1.82) is 0 Å². The Morgan fingerprint density at radius 1 is 1.56 bits per heavy atom.